The molecule has 0 saturated heterocycles. The Bertz CT molecular complexity index is 240. The van der Waals surface area contributed by atoms with Gasteiger partial charge in [0.2, 0.25) is 0 Å². The van der Waals surface area contributed by atoms with Gasteiger partial charge in [-0.25, -0.2) is 0 Å². The quantitative estimate of drug-likeness (QED) is 0.659. The Hall–Kier alpha value is -0.760. The van der Waals surface area contributed by atoms with Crippen LogP contribution >= 0.6 is 11.6 Å². The summed E-state index contributed by atoms with van der Waals surface area (Å²) < 4.78 is 16.8. The van der Waals surface area contributed by atoms with Crippen molar-refractivity contribution in [1.29, 1.82) is 0 Å². The molecule has 1 radical (unpaired) electrons. The first-order valence-electron chi connectivity index (χ1n) is 3.69. The maximum atomic E-state index is 11.7. The van der Waals surface area contributed by atoms with Gasteiger partial charge >= 0.3 is 0 Å². The van der Waals surface area contributed by atoms with E-state index in [0.717, 1.165) is 0 Å². The number of benzene rings is 1. The molecule has 1 aromatic carbocycles. The summed E-state index contributed by atoms with van der Waals surface area (Å²) in [5, 5.41) is 0.601. The third-order valence-corrected chi connectivity index (χ3v) is 1.51. The minimum Gasteiger partial charge on any atom is -0.493 e. The minimum absolute atomic E-state index is 0.361. The molecule has 0 aliphatic rings. The van der Waals surface area contributed by atoms with E-state index in [1.165, 1.54) is 0 Å². The van der Waals surface area contributed by atoms with Crippen molar-refractivity contribution in [2.24, 2.45) is 0 Å². The van der Waals surface area contributed by atoms with Gasteiger partial charge < -0.3 is 4.74 Å². The van der Waals surface area contributed by atoms with E-state index in [4.69, 9.17) is 16.3 Å². The highest BCUT2D eigenvalue weighted by Gasteiger charge is 1.94. The average Bonchev–Trinajstić information content (AvgIpc) is 2.05. The van der Waals surface area contributed by atoms with E-state index in [0.29, 0.717) is 23.8 Å². The summed E-state index contributed by atoms with van der Waals surface area (Å²) in [5.74, 6) is 0.566. The fraction of sp³-hybridized carbons (Fsp3) is 0.333. The van der Waals surface area contributed by atoms with E-state index in [-0.39, 0.29) is 6.67 Å². The molecule has 0 aliphatic heterocycles. The van der Waals surface area contributed by atoms with Crippen LogP contribution in [0.5, 0.6) is 5.75 Å². The summed E-state index contributed by atoms with van der Waals surface area (Å²) in [6.45, 7) is 0.00785. The average molecular weight is 188 g/mol. The van der Waals surface area contributed by atoms with E-state index in [1.807, 2.05) is 0 Å². The number of halogens is 2. The zero-order valence-corrected chi connectivity index (χ0v) is 7.27. The van der Waals surface area contributed by atoms with Gasteiger partial charge in [0, 0.05) is 17.5 Å². The van der Waals surface area contributed by atoms with E-state index in [1.54, 1.807) is 18.2 Å². The molecule has 0 N–H and O–H groups in total. The number of rotatable bonds is 4. The van der Waals surface area contributed by atoms with Crippen molar-refractivity contribution in [3.63, 3.8) is 0 Å². The molecule has 0 bridgehead atoms. The third-order valence-electron chi connectivity index (χ3n) is 1.27. The fourth-order valence-electron chi connectivity index (χ4n) is 0.738. The van der Waals surface area contributed by atoms with Gasteiger partial charge in [0.05, 0.1) is 13.3 Å². The van der Waals surface area contributed by atoms with Gasteiger partial charge in [-0.1, -0.05) is 11.6 Å². The van der Waals surface area contributed by atoms with Gasteiger partial charge in [-0.15, -0.1) is 0 Å². The molecule has 0 saturated carbocycles. The predicted molar refractivity (Wildman–Crippen MR) is 46.4 cm³/mol. The molecule has 65 valence electrons. The summed E-state index contributed by atoms with van der Waals surface area (Å²) in [4.78, 5) is 0. The Morgan fingerprint density at radius 2 is 2.42 bits per heavy atom. The number of hydrogen-bond donors (Lipinski definition) is 0. The lowest BCUT2D eigenvalue weighted by Gasteiger charge is -2.03. The highest BCUT2D eigenvalue weighted by Crippen LogP contribution is 2.16. The molecule has 0 aromatic heterocycles. The fourth-order valence-corrected chi connectivity index (χ4v) is 0.901. The van der Waals surface area contributed by atoms with Crippen LogP contribution in [0.15, 0.2) is 18.2 Å². The first kappa shape index (κ1) is 9.33. The van der Waals surface area contributed by atoms with Gasteiger partial charge in [-0.3, -0.25) is 4.39 Å². The molecule has 1 aromatic rings. The standard InChI is InChI=1S/C9H9ClFO/c10-8-3-1-4-9(7-8)12-6-2-5-11/h1,3,7H,2,5-6H2. The topological polar surface area (TPSA) is 9.23 Å². The molecule has 0 fully saturated rings. The number of ether oxygens (including phenoxy) is 1. The largest absolute Gasteiger partial charge is 0.493 e. The Balaban J connectivity index is 2.41. The Morgan fingerprint density at radius 1 is 1.58 bits per heavy atom. The summed E-state index contributed by atoms with van der Waals surface area (Å²) in [7, 11) is 0. The van der Waals surface area contributed by atoms with Gasteiger partial charge in [0.25, 0.3) is 0 Å². The van der Waals surface area contributed by atoms with Crippen LogP contribution in [0.1, 0.15) is 6.42 Å². The van der Waals surface area contributed by atoms with Crippen LogP contribution in [0, 0.1) is 6.07 Å². The van der Waals surface area contributed by atoms with Crippen molar-refractivity contribution in [3.8, 4) is 5.75 Å². The second kappa shape index (κ2) is 4.99. The van der Waals surface area contributed by atoms with E-state index < -0.39 is 0 Å². The van der Waals surface area contributed by atoms with Crippen LogP contribution in [0.3, 0.4) is 0 Å². The predicted octanol–water partition coefficient (Wildman–Crippen LogP) is 2.88. The molecular weight excluding hydrogens is 179 g/mol. The van der Waals surface area contributed by atoms with Gasteiger partial charge in [-0.05, 0) is 18.2 Å². The van der Waals surface area contributed by atoms with Crippen molar-refractivity contribution >= 4 is 11.6 Å². The first-order valence-corrected chi connectivity index (χ1v) is 4.07. The van der Waals surface area contributed by atoms with E-state index in [2.05, 4.69) is 6.07 Å². The SMILES string of the molecule is FCCCOc1[c]ccc(Cl)c1. The van der Waals surface area contributed by atoms with Crippen molar-refractivity contribution in [2.75, 3.05) is 13.3 Å². The summed E-state index contributed by atoms with van der Waals surface area (Å²) in [6, 6.07) is 7.88. The van der Waals surface area contributed by atoms with Crippen molar-refractivity contribution in [1.82, 2.24) is 0 Å². The van der Waals surface area contributed by atoms with Crippen molar-refractivity contribution in [2.45, 2.75) is 6.42 Å². The molecule has 0 spiro atoms. The second-order valence-corrected chi connectivity index (χ2v) is 2.70. The van der Waals surface area contributed by atoms with E-state index >= 15 is 0 Å². The Morgan fingerprint density at radius 3 is 3.08 bits per heavy atom. The number of alkyl halides is 1. The van der Waals surface area contributed by atoms with Crippen LogP contribution in [0.25, 0.3) is 0 Å². The van der Waals surface area contributed by atoms with Crippen molar-refractivity contribution in [3.05, 3.63) is 29.3 Å². The smallest absolute Gasteiger partial charge is 0.128 e. The zero-order valence-electron chi connectivity index (χ0n) is 6.52. The second-order valence-electron chi connectivity index (χ2n) is 2.26. The lowest BCUT2D eigenvalue weighted by atomic mass is 10.3. The first-order chi connectivity index (χ1) is 5.83. The van der Waals surface area contributed by atoms with Gasteiger partial charge in [0.1, 0.15) is 5.75 Å². The molecule has 12 heavy (non-hydrogen) atoms. The molecule has 0 amide bonds. The van der Waals surface area contributed by atoms with Crippen molar-refractivity contribution < 1.29 is 9.13 Å². The monoisotopic (exact) mass is 187 g/mol. The molecule has 0 unspecified atom stereocenters. The molecular formula is C9H9ClFO. The molecule has 3 heteroatoms. The third kappa shape index (κ3) is 3.09. The summed E-state index contributed by atoms with van der Waals surface area (Å²) in [5.41, 5.74) is 0. The van der Waals surface area contributed by atoms with Crippen LogP contribution in [-0.4, -0.2) is 13.3 Å². The summed E-state index contributed by atoms with van der Waals surface area (Å²) >= 11 is 5.68. The molecule has 0 aliphatic carbocycles. The summed E-state index contributed by atoms with van der Waals surface area (Å²) in [6.07, 6.45) is 0.403. The Kier molecular flexibility index (Phi) is 3.88. The normalized spacial score (nSPS) is 9.83. The lowest BCUT2D eigenvalue weighted by molar-refractivity contribution is 0.289. The highest BCUT2D eigenvalue weighted by atomic mass is 35.5. The number of hydrogen-bond acceptors (Lipinski definition) is 1. The van der Waals surface area contributed by atoms with E-state index in [9.17, 15) is 4.39 Å². The Labute approximate surface area is 76.1 Å². The maximum absolute atomic E-state index is 11.7. The highest BCUT2D eigenvalue weighted by molar-refractivity contribution is 6.30. The lowest BCUT2D eigenvalue weighted by Crippen LogP contribution is -1.97. The maximum Gasteiger partial charge on any atom is 0.128 e. The molecule has 0 heterocycles. The zero-order chi connectivity index (χ0) is 8.81. The van der Waals surface area contributed by atoms with Crippen LogP contribution in [0.2, 0.25) is 5.02 Å². The molecule has 1 rings (SSSR count). The van der Waals surface area contributed by atoms with Crippen LogP contribution < -0.4 is 4.74 Å². The van der Waals surface area contributed by atoms with Crippen LogP contribution in [-0.2, 0) is 0 Å². The molecule has 1 nitrogen and oxygen atoms in total. The van der Waals surface area contributed by atoms with Crippen LogP contribution in [0.4, 0.5) is 4.39 Å². The van der Waals surface area contributed by atoms with Gasteiger partial charge in [0.15, 0.2) is 0 Å². The molecule has 0 atom stereocenters. The van der Waals surface area contributed by atoms with Gasteiger partial charge in [-0.2, -0.15) is 0 Å². The minimum atomic E-state index is -0.361.